The van der Waals surface area contributed by atoms with E-state index in [0.717, 1.165) is 45.0 Å². The molecule has 0 spiro atoms. The topological polar surface area (TPSA) is 46.4 Å². The molecule has 0 amide bonds. The average molecular weight is 798 g/mol. The molecule has 0 unspecified atom stereocenters. The number of anilines is 3. The van der Waals surface area contributed by atoms with Crippen LogP contribution < -0.4 is 14.5 Å². The SMILES string of the molecule is CC(C)(C)c1ccnc(-n2c3[c-]c(Oc4[c-]c(N5[CH-]N(C67CCC(CC6)C7)c6cccnc65)ccc4)ccc3c3ccccc32)c1.[Pt]. The van der Waals surface area contributed by atoms with Crippen LogP contribution in [-0.4, -0.2) is 20.1 Å². The molecule has 240 valence electrons. The first-order chi connectivity index (χ1) is 22.4. The van der Waals surface area contributed by atoms with Gasteiger partial charge in [0.2, 0.25) is 0 Å². The molecule has 9 rings (SSSR count). The van der Waals surface area contributed by atoms with E-state index in [1.54, 1.807) is 0 Å². The molecule has 4 heterocycles. The molecule has 3 aliphatic rings. The molecule has 2 saturated carbocycles. The molecule has 1 aliphatic heterocycles. The van der Waals surface area contributed by atoms with E-state index in [1.165, 1.54) is 43.4 Å². The molecule has 0 N–H and O–H groups in total. The summed E-state index contributed by atoms with van der Waals surface area (Å²) in [5, 5.41) is 2.27. The van der Waals surface area contributed by atoms with Crippen LogP contribution >= 0.6 is 0 Å². The molecular formula is C40H36N5OPt-3. The zero-order valence-electron chi connectivity index (χ0n) is 26.8. The van der Waals surface area contributed by atoms with Gasteiger partial charge in [-0.25, -0.2) is 9.97 Å². The second-order valence-electron chi connectivity index (χ2n) is 14.2. The second-order valence-corrected chi connectivity index (χ2v) is 14.2. The monoisotopic (exact) mass is 797 g/mol. The zero-order valence-corrected chi connectivity index (χ0v) is 29.1. The van der Waals surface area contributed by atoms with E-state index in [-0.39, 0.29) is 32.0 Å². The van der Waals surface area contributed by atoms with Crippen LogP contribution in [0.3, 0.4) is 0 Å². The van der Waals surface area contributed by atoms with Gasteiger partial charge in [-0.3, -0.25) is 0 Å². The molecule has 7 heteroatoms. The van der Waals surface area contributed by atoms with Crippen LogP contribution in [0.2, 0.25) is 0 Å². The predicted octanol–water partition coefficient (Wildman–Crippen LogP) is 9.67. The van der Waals surface area contributed by atoms with Crippen LogP contribution in [0.1, 0.15) is 58.4 Å². The number of ether oxygens (including phenoxy) is 1. The molecule has 3 aromatic heterocycles. The minimum Gasteiger partial charge on any atom is -0.509 e. The van der Waals surface area contributed by atoms with Crippen LogP contribution in [0.5, 0.6) is 11.5 Å². The number of fused-ring (bicyclic) bond motifs is 6. The number of rotatable bonds is 5. The molecule has 6 aromatic rings. The van der Waals surface area contributed by atoms with Gasteiger partial charge in [0.15, 0.2) is 0 Å². The molecule has 2 aliphatic carbocycles. The van der Waals surface area contributed by atoms with Gasteiger partial charge in [0.25, 0.3) is 0 Å². The van der Waals surface area contributed by atoms with E-state index < -0.39 is 0 Å². The third-order valence-electron chi connectivity index (χ3n) is 10.3. The smallest absolute Gasteiger partial charge is 0.135 e. The summed E-state index contributed by atoms with van der Waals surface area (Å²) in [6, 6.07) is 34.3. The quantitative estimate of drug-likeness (QED) is 0.163. The standard InChI is InChI=1S/C40H36N5O.Pt/c1-39(2,3)28-17-21-41-37(22-28)45-34-11-5-4-10-32(34)33-14-13-31(24-36(33)45)46-30-9-6-8-29(23-30)43-26-44(35-12-7-20-42-38(35)43)40-18-15-27(25-40)16-19-40;/h4-14,17,20-22,26-27H,15-16,18-19,25H2,1-3H3;/q-3;. The van der Waals surface area contributed by atoms with E-state index in [2.05, 4.69) is 109 Å². The van der Waals surface area contributed by atoms with Crippen LogP contribution in [0.4, 0.5) is 17.2 Å². The molecule has 2 fully saturated rings. The van der Waals surface area contributed by atoms with Crippen molar-refractivity contribution < 1.29 is 25.8 Å². The summed E-state index contributed by atoms with van der Waals surface area (Å²) in [4.78, 5) is 14.3. The van der Waals surface area contributed by atoms with Crippen molar-refractivity contribution in [2.24, 2.45) is 5.92 Å². The fourth-order valence-electron chi connectivity index (χ4n) is 7.98. The molecule has 6 nitrogen and oxygen atoms in total. The largest absolute Gasteiger partial charge is 0.509 e. The van der Waals surface area contributed by atoms with Gasteiger partial charge >= 0.3 is 0 Å². The maximum Gasteiger partial charge on any atom is 0.135 e. The molecule has 47 heavy (non-hydrogen) atoms. The summed E-state index contributed by atoms with van der Waals surface area (Å²) < 4.78 is 8.69. The van der Waals surface area contributed by atoms with Crippen LogP contribution in [-0.2, 0) is 26.5 Å². The Labute approximate surface area is 290 Å². The van der Waals surface area contributed by atoms with Gasteiger partial charge in [0.1, 0.15) is 11.6 Å². The fraction of sp³-hybridized carbons (Fsp3) is 0.275. The number of nitrogens with zero attached hydrogens (tertiary/aromatic N) is 5. The van der Waals surface area contributed by atoms with E-state index in [0.29, 0.717) is 11.5 Å². The van der Waals surface area contributed by atoms with Gasteiger partial charge in [0.05, 0.1) is 5.69 Å². The van der Waals surface area contributed by atoms with Crippen molar-refractivity contribution in [2.75, 3.05) is 9.80 Å². The Morgan fingerprint density at radius 1 is 0.851 bits per heavy atom. The Morgan fingerprint density at radius 2 is 1.68 bits per heavy atom. The average Bonchev–Trinajstić information content (AvgIpc) is 3.85. The van der Waals surface area contributed by atoms with Crippen molar-refractivity contribution in [3.8, 4) is 17.3 Å². The molecule has 0 radical (unpaired) electrons. The minimum atomic E-state index is 0. The summed E-state index contributed by atoms with van der Waals surface area (Å²) >= 11 is 0. The van der Waals surface area contributed by atoms with Crippen molar-refractivity contribution in [3.05, 3.63) is 116 Å². The fourth-order valence-corrected chi connectivity index (χ4v) is 7.98. The molecule has 0 saturated heterocycles. The summed E-state index contributed by atoms with van der Waals surface area (Å²) in [5.41, 5.74) is 5.55. The third kappa shape index (κ3) is 4.95. The van der Waals surface area contributed by atoms with E-state index in [1.807, 2.05) is 36.7 Å². The van der Waals surface area contributed by atoms with E-state index >= 15 is 0 Å². The van der Waals surface area contributed by atoms with E-state index in [9.17, 15) is 0 Å². The van der Waals surface area contributed by atoms with Crippen molar-refractivity contribution in [3.63, 3.8) is 0 Å². The number of benzene rings is 3. The maximum atomic E-state index is 6.49. The molecule has 3 aromatic carbocycles. The summed E-state index contributed by atoms with van der Waals surface area (Å²) in [6.07, 6.45) is 10.2. The Bertz CT molecular complexity index is 2120. The molecule has 0 atom stereocenters. The van der Waals surface area contributed by atoms with E-state index in [4.69, 9.17) is 14.7 Å². The van der Waals surface area contributed by atoms with Crippen LogP contribution in [0, 0.1) is 24.7 Å². The zero-order chi connectivity index (χ0) is 31.0. The first-order valence-electron chi connectivity index (χ1n) is 16.4. The van der Waals surface area contributed by atoms with Crippen LogP contribution in [0.25, 0.3) is 27.6 Å². The molecule has 2 bridgehead atoms. The Balaban J connectivity index is 0.00000324. The maximum absolute atomic E-state index is 6.49. The Hall–Kier alpha value is -4.15. The van der Waals surface area contributed by atoms with Gasteiger partial charge in [-0.05, 0) is 84.7 Å². The van der Waals surface area contributed by atoms with Crippen molar-refractivity contribution >= 4 is 39.0 Å². The van der Waals surface area contributed by atoms with Crippen molar-refractivity contribution in [2.45, 2.75) is 63.8 Å². The van der Waals surface area contributed by atoms with Crippen molar-refractivity contribution in [1.29, 1.82) is 0 Å². The van der Waals surface area contributed by atoms with Gasteiger partial charge in [-0.15, -0.1) is 42.4 Å². The predicted molar refractivity (Wildman–Crippen MR) is 184 cm³/mol. The molecular weight excluding hydrogens is 762 g/mol. The number of aromatic nitrogens is 3. The first kappa shape index (κ1) is 30.2. The minimum absolute atomic E-state index is 0. The first-order valence-corrected chi connectivity index (χ1v) is 16.4. The number of para-hydroxylation sites is 1. The summed E-state index contributed by atoms with van der Waals surface area (Å²) in [7, 11) is 0. The van der Waals surface area contributed by atoms with Gasteiger partial charge in [0, 0.05) is 56.0 Å². The van der Waals surface area contributed by atoms with Crippen molar-refractivity contribution in [1.82, 2.24) is 14.5 Å². The Kier molecular flexibility index (Phi) is 7.22. The van der Waals surface area contributed by atoms with Crippen LogP contribution in [0.15, 0.2) is 91.3 Å². The normalized spacial score (nSPS) is 20.2. The number of hydrogen-bond donors (Lipinski definition) is 0. The van der Waals surface area contributed by atoms with Gasteiger partial charge in [-0.1, -0.05) is 50.2 Å². The second kappa shape index (κ2) is 11.2. The third-order valence-corrected chi connectivity index (χ3v) is 10.3. The summed E-state index contributed by atoms with van der Waals surface area (Å²) in [5.74, 6) is 3.94. The number of hydrogen-bond acceptors (Lipinski definition) is 5. The Morgan fingerprint density at radius 3 is 2.49 bits per heavy atom. The van der Waals surface area contributed by atoms with Gasteiger partial charge in [-0.2, -0.15) is 12.1 Å². The summed E-state index contributed by atoms with van der Waals surface area (Å²) in [6.45, 7) is 8.93. The van der Waals surface area contributed by atoms with Gasteiger partial charge < -0.3 is 19.1 Å². The number of pyridine rings is 2.